The predicted octanol–water partition coefficient (Wildman–Crippen LogP) is 6.67. The highest BCUT2D eigenvalue weighted by Crippen LogP contribution is 2.59. The summed E-state index contributed by atoms with van der Waals surface area (Å²) in [6, 6.07) is 3.06. The van der Waals surface area contributed by atoms with Gasteiger partial charge in [0.05, 0.1) is 34.2 Å². The van der Waals surface area contributed by atoms with Crippen molar-refractivity contribution in [1.82, 2.24) is 0 Å². The molecule has 0 saturated heterocycles. The first-order valence-electron chi connectivity index (χ1n) is 9.09. The summed E-state index contributed by atoms with van der Waals surface area (Å²) < 4.78 is 134. The number of anilines is 2. The summed E-state index contributed by atoms with van der Waals surface area (Å²) >= 11 is 11.5. The topological polar surface area (TPSA) is 76.5 Å². The molecule has 1 atom stereocenters. The third-order valence-electron chi connectivity index (χ3n) is 4.64. The number of nitrogens with two attached hydrogens (primary N) is 2. The van der Waals surface area contributed by atoms with E-state index in [4.69, 9.17) is 34.8 Å². The van der Waals surface area contributed by atoms with Crippen LogP contribution in [0.1, 0.15) is 11.1 Å². The van der Waals surface area contributed by atoms with E-state index in [0.717, 1.165) is 18.3 Å². The molecular formula is C19H14Cl2F10N4O. The van der Waals surface area contributed by atoms with Gasteiger partial charge >= 0.3 is 23.9 Å². The summed E-state index contributed by atoms with van der Waals surface area (Å²) in [6.45, 7) is 0. The van der Waals surface area contributed by atoms with E-state index in [1.165, 1.54) is 13.2 Å². The molecule has 0 aliphatic carbocycles. The van der Waals surface area contributed by atoms with E-state index >= 15 is 0 Å². The monoisotopic (exact) mass is 574 g/mol. The highest BCUT2D eigenvalue weighted by molar-refractivity contribution is 6.39. The molecule has 0 fully saturated rings. The second-order valence-corrected chi connectivity index (χ2v) is 7.82. The lowest BCUT2D eigenvalue weighted by Crippen LogP contribution is -2.59. The van der Waals surface area contributed by atoms with Crippen molar-refractivity contribution in [1.29, 1.82) is 0 Å². The molecule has 0 aliphatic heterocycles. The number of rotatable bonds is 7. The Morgan fingerprint density at radius 3 is 1.92 bits per heavy atom. The quantitative estimate of drug-likeness (QED) is 0.196. The maximum absolute atomic E-state index is 14.7. The zero-order chi connectivity index (χ0) is 27.9. The predicted molar refractivity (Wildman–Crippen MR) is 112 cm³/mol. The number of hydrazine groups is 1. The summed E-state index contributed by atoms with van der Waals surface area (Å²) in [4.78, 5) is 4.58. The van der Waals surface area contributed by atoms with E-state index in [1.54, 1.807) is 0 Å². The normalized spacial score (nSPS) is 15.0. The Balaban J connectivity index is 2.59. The fourth-order valence-electron chi connectivity index (χ4n) is 2.91. The Morgan fingerprint density at radius 1 is 0.944 bits per heavy atom. The first kappa shape index (κ1) is 29.6. The van der Waals surface area contributed by atoms with Crippen LogP contribution < -0.4 is 22.1 Å². The van der Waals surface area contributed by atoms with Crippen molar-refractivity contribution in [2.75, 3.05) is 17.6 Å². The van der Waals surface area contributed by atoms with Crippen molar-refractivity contribution in [3.8, 4) is 0 Å². The summed E-state index contributed by atoms with van der Waals surface area (Å²) in [5.74, 6) is -1.95. The molecule has 0 heterocycles. The molecule has 0 spiro atoms. The number of alkyl halides is 9. The summed E-state index contributed by atoms with van der Waals surface area (Å²) in [6.07, 6.45) is -12.8. The molecule has 0 amide bonds. The lowest BCUT2D eigenvalue weighted by molar-refractivity contribution is -0.389. The Labute approximate surface area is 206 Å². The van der Waals surface area contributed by atoms with Crippen LogP contribution in [0.3, 0.4) is 0 Å². The van der Waals surface area contributed by atoms with Crippen LogP contribution in [-0.4, -0.2) is 25.4 Å². The third-order valence-corrected chi connectivity index (χ3v) is 5.22. The number of halogens is 12. The van der Waals surface area contributed by atoms with Crippen molar-refractivity contribution in [3.63, 3.8) is 0 Å². The zero-order valence-electron chi connectivity index (χ0n) is 17.5. The standard InChI is InChI=1S/C19H14Cl2F10N4O/c1-36-34-14-4-8(2-3-12(14)22)13(32)7-35(33)15-10(20)5-9(6-11(15)21)16(23,18(26,27)28)17(24,25)19(29,30)31/h2-7,34H,32-33H2,1H3/b13-7-. The second-order valence-electron chi connectivity index (χ2n) is 7.01. The van der Waals surface area contributed by atoms with Crippen LogP contribution in [0, 0.1) is 5.82 Å². The van der Waals surface area contributed by atoms with Crippen LogP contribution in [0.4, 0.5) is 55.3 Å². The first-order chi connectivity index (χ1) is 16.3. The fraction of sp³-hybridized carbons (Fsp3) is 0.263. The third kappa shape index (κ3) is 5.23. The van der Waals surface area contributed by atoms with Gasteiger partial charge in [0.1, 0.15) is 5.82 Å². The van der Waals surface area contributed by atoms with Gasteiger partial charge in [0.2, 0.25) is 0 Å². The molecule has 5 N–H and O–H groups in total. The van der Waals surface area contributed by atoms with E-state index in [2.05, 4.69) is 10.3 Å². The van der Waals surface area contributed by atoms with Crippen molar-refractivity contribution in [3.05, 3.63) is 63.5 Å². The number of benzene rings is 2. The summed E-state index contributed by atoms with van der Waals surface area (Å²) in [5, 5.41) is -1.59. The van der Waals surface area contributed by atoms with Gasteiger partial charge in [0.25, 0.3) is 0 Å². The Hall–Kier alpha value is -2.62. The van der Waals surface area contributed by atoms with Gasteiger partial charge in [-0.05, 0) is 30.3 Å². The van der Waals surface area contributed by atoms with E-state index in [9.17, 15) is 43.9 Å². The van der Waals surface area contributed by atoms with Gasteiger partial charge in [0, 0.05) is 17.3 Å². The van der Waals surface area contributed by atoms with Crippen LogP contribution in [0.2, 0.25) is 10.0 Å². The molecule has 0 radical (unpaired) electrons. The molecule has 36 heavy (non-hydrogen) atoms. The Morgan fingerprint density at radius 2 is 1.47 bits per heavy atom. The average molecular weight is 575 g/mol. The van der Waals surface area contributed by atoms with Crippen molar-refractivity contribution in [2.24, 2.45) is 11.6 Å². The minimum Gasteiger partial charge on any atom is -0.397 e. The molecule has 17 heteroatoms. The van der Waals surface area contributed by atoms with Crippen molar-refractivity contribution < 1.29 is 48.7 Å². The molecular weight excluding hydrogens is 561 g/mol. The maximum atomic E-state index is 14.7. The van der Waals surface area contributed by atoms with Gasteiger partial charge in [0.15, 0.2) is 0 Å². The van der Waals surface area contributed by atoms with Gasteiger partial charge in [-0.25, -0.2) is 14.6 Å². The van der Waals surface area contributed by atoms with Crippen LogP contribution in [0.5, 0.6) is 0 Å². The van der Waals surface area contributed by atoms with Crippen LogP contribution >= 0.6 is 23.2 Å². The lowest BCUT2D eigenvalue weighted by atomic mass is 9.87. The SMILES string of the molecule is CONc1cc(/C(N)=C/N(N)c2c(Cl)cc(C(F)(C(F)(F)F)C(F)(F)C(F)(F)F)cc2Cl)ccc1F. The number of hydrogen-bond donors (Lipinski definition) is 3. The molecule has 2 aromatic carbocycles. The molecule has 2 aromatic rings. The molecule has 0 bridgehead atoms. The first-order valence-corrected chi connectivity index (χ1v) is 9.85. The molecule has 200 valence electrons. The zero-order valence-corrected chi connectivity index (χ0v) is 19.0. The van der Waals surface area contributed by atoms with E-state index in [1.807, 2.05) is 0 Å². The minimum atomic E-state index is -6.93. The van der Waals surface area contributed by atoms with Crippen LogP contribution in [-0.2, 0) is 10.5 Å². The van der Waals surface area contributed by atoms with Gasteiger partial charge in [-0.3, -0.25) is 15.3 Å². The van der Waals surface area contributed by atoms with Gasteiger partial charge in [-0.15, -0.1) is 0 Å². The molecule has 0 aliphatic rings. The Kier molecular flexibility index (Phi) is 8.25. The molecule has 0 aromatic heterocycles. The summed E-state index contributed by atoms with van der Waals surface area (Å²) in [5.41, 5.74) is -1.34. The molecule has 5 nitrogen and oxygen atoms in total. The highest BCUT2D eigenvalue weighted by Gasteiger charge is 2.81. The molecule has 1 unspecified atom stereocenters. The van der Waals surface area contributed by atoms with Crippen LogP contribution in [0.15, 0.2) is 36.5 Å². The molecule has 0 saturated carbocycles. The van der Waals surface area contributed by atoms with E-state index in [0.29, 0.717) is 5.01 Å². The van der Waals surface area contributed by atoms with E-state index < -0.39 is 51.1 Å². The van der Waals surface area contributed by atoms with Crippen molar-refractivity contribution >= 4 is 40.3 Å². The second kappa shape index (κ2) is 10.0. The van der Waals surface area contributed by atoms with Gasteiger partial charge in [-0.1, -0.05) is 23.2 Å². The lowest BCUT2D eigenvalue weighted by Gasteiger charge is -2.36. The van der Waals surface area contributed by atoms with E-state index in [-0.39, 0.29) is 29.1 Å². The smallest absolute Gasteiger partial charge is 0.397 e. The number of nitrogens with zero attached hydrogens (tertiary/aromatic N) is 1. The number of nitrogens with one attached hydrogen (secondary N) is 1. The molecule has 2 rings (SSSR count). The highest BCUT2D eigenvalue weighted by atomic mass is 35.5. The van der Waals surface area contributed by atoms with Crippen molar-refractivity contribution in [2.45, 2.75) is 23.9 Å². The maximum Gasteiger partial charge on any atom is 0.457 e. The van der Waals surface area contributed by atoms with Crippen LogP contribution in [0.25, 0.3) is 5.70 Å². The average Bonchev–Trinajstić information content (AvgIpc) is 2.72. The minimum absolute atomic E-state index is 0.111. The van der Waals surface area contributed by atoms with Gasteiger partial charge in [-0.2, -0.15) is 35.1 Å². The summed E-state index contributed by atoms with van der Waals surface area (Å²) in [7, 11) is 1.19. The Bertz CT molecular complexity index is 1130. The largest absolute Gasteiger partial charge is 0.457 e. The van der Waals surface area contributed by atoms with Gasteiger partial charge < -0.3 is 5.73 Å². The number of hydrogen-bond acceptors (Lipinski definition) is 5. The fourth-order valence-corrected chi connectivity index (χ4v) is 3.59.